The van der Waals surface area contributed by atoms with Crippen molar-refractivity contribution in [1.29, 1.82) is 0 Å². The Morgan fingerprint density at radius 1 is 1.00 bits per heavy atom. The van der Waals surface area contributed by atoms with Crippen LogP contribution in [0.5, 0.6) is 23.0 Å². The average Bonchev–Trinajstić information content (AvgIpc) is 3.43. The van der Waals surface area contributed by atoms with Gasteiger partial charge in [0.1, 0.15) is 47.4 Å². The molecule has 0 bridgehead atoms. The zero-order valence-electron chi connectivity index (χ0n) is 19.8. The van der Waals surface area contributed by atoms with Crippen LogP contribution in [0.3, 0.4) is 0 Å². The summed E-state index contributed by atoms with van der Waals surface area (Å²) in [5.41, 5.74) is -0.985. The van der Waals surface area contributed by atoms with Crippen LogP contribution in [0.4, 0.5) is 0 Å². The third-order valence-corrected chi connectivity index (χ3v) is 7.40. The maximum atomic E-state index is 13.5. The molecule has 1 unspecified atom stereocenters. The third-order valence-electron chi connectivity index (χ3n) is 7.40. The van der Waals surface area contributed by atoms with Crippen molar-refractivity contribution in [3.63, 3.8) is 0 Å². The van der Waals surface area contributed by atoms with Crippen molar-refractivity contribution in [2.24, 2.45) is 0 Å². The summed E-state index contributed by atoms with van der Waals surface area (Å²) in [7, 11) is 1.27. The van der Waals surface area contributed by atoms with Gasteiger partial charge in [-0.05, 0) is 12.1 Å². The van der Waals surface area contributed by atoms with E-state index in [9.17, 15) is 40.2 Å². The number of carbonyl (C=O) groups is 2. The average molecular weight is 532 g/mol. The molecule has 2 fully saturated rings. The van der Waals surface area contributed by atoms with Crippen LogP contribution in [0, 0.1) is 0 Å². The fourth-order valence-corrected chi connectivity index (χ4v) is 5.56. The molecule has 4 aliphatic rings. The Bertz CT molecular complexity index is 1340. The third kappa shape index (κ3) is 3.44. The zero-order chi connectivity index (χ0) is 27.0. The topological polar surface area (TPSA) is 202 Å². The number of phenols is 2. The highest BCUT2D eigenvalue weighted by molar-refractivity contribution is 6.30. The molecule has 6 N–H and O–H groups in total. The van der Waals surface area contributed by atoms with E-state index in [2.05, 4.69) is 0 Å². The van der Waals surface area contributed by atoms with E-state index >= 15 is 0 Å². The van der Waals surface area contributed by atoms with Gasteiger partial charge >= 0.3 is 0 Å². The molecule has 0 radical (unpaired) electrons. The van der Waals surface area contributed by atoms with Gasteiger partial charge < -0.3 is 54.3 Å². The number of methoxy groups -OCH3 is 1. The minimum atomic E-state index is -1.62. The van der Waals surface area contributed by atoms with Gasteiger partial charge in [0.05, 0.1) is 36.4 Å². The van der Waals surface area contributed by atoms with Gasteiger partial charge in [-0.3, -0.25) is 9.59 Å². The molecular formula is C25H24O13. The van der Waals surface area contributed by atoms with Crippen LogP contribution in [0.1, 0.15) is 43.3 Å². The molecule has 2 aromatic rings. The second kappa shape index (κ2) is 8.88. The standard InChI is InChI=1S/C25H24O13/c1-34-23-13(5-26)38-25(22(33)21(23)32)36-7-2-8-14(10(27)3-7)19(30)15-9(18(8)29)4-12-17(20(15)31)16-11(28)6-35-24(16)37-12/h2-4,11,13,16,21-28,31-33H,5-6H2,1H3/t11-,13+,16+,21+,22+,23+,24-,25?/m1/s1. The number of fused-ring (bicyclic) bond motifs is 5. The molecule has 6 rings (SSSR count). The number of hydrogen-bond acceptors (Lipinski definition) is 13. The molecule has 0 spiro atoms. The van der Waals surface area contributed by atoms with Crippen molar-refractivity contribution in [2.45, 2.75) is 49.0 Å². The summed E-state index contributed by atoms with van der Waals surface area (Å²) >= 11 is 0. The minimum absolute atomic E-state index is 0.0216. The van der Waals surface area contributed by atoms with Gasteiger partial charge in [0.15, 0.2) is 5.78 Å². The second-order valence-electron chi connectivity index (χ2n) is 9.52. The normalized spacial score (nSPS) is 33.3. The molecule has 13 heteroatoms. The predicted molar refractivity (Wildman–Crippen MR) is 121 cm³/mol. The minimum Gasteiger partial charge on any atom is -0.507 e. The quantitative estimate of drug-likeness (QED) is 0.237. The van der Waals surface area contributed by atoms with E-state index in [0.717, 1.165) is 12.1 Å². The van der Waals surface area contributed by atoms with Crippen LogP contribution < -0.4 is 9.47 Å². The Morgan fingerprint density at radius 2 is 1.74 bits per heavy atom. The van der Waals surface area contributed by atoms with Crippen LogP contribution in [0.15, 0.2) is 18.2 Å². The first-order chi connectivity index (χ1) is 18.2. The first-order valence-corrected chi connectivity index (χ1v) is 11.8. The van der Waals surface area contributed by atoms with Gasteiger partial charge in [0.2, 0.25) is 18.4 Å². The predicted octanol–water partition coefficient (Wildman–Crippen LogP) is -1.10. The van der Waals surface area contributed by atoms with Crippen LogP contribution >= 0.6 is 0 Å². The summed E-state index contributed by atoms with van der Waals surface area (Å²) in [5.74, 6) is -3.57. The molecule has 38 heavy (non-hydrogen) atoms. The van der Waals surface area contributed by atoms with E-state index in [-0.39, 0.29) is 45.9 Å². The van der Waals surface area contributed by atoms with Gasteiger partial charge in [-0.1, -0.05) is 0 Å². The number of benzene rings is 2. The number of phenolic OH excluding ortho intramolecular Hbond substituents is 2. The smallest absolute Gasteiger partial charge is 0.229 e. The fraction of sp³-hybridized carbons (Fsp3) is 0.440. The monoisotopic (exact) mass is 532 g/mol. The second-order valence-corrected chi connectivity index (χ2v) is 9.52. The lowest BCUT2D eigenvalue weighted by molar-refractivity contribution is -0.281. The Morgan fingerprint density at radius 3 is 2.45 bits per heavy atom. The van der Waals surface area contributed by atoms with Crippen molar-refractivity contribution < 1.29 is 63.9 Å². The maximum Gasteiger partial charge on any atom is 0.229 e. The molecule has 0 aromatic heterocycles. The number of aliphatic hydroxyl groups is 4. The van der Waals surface area contributed by atoms with Crippen LogP contribution in [0.25, 0.3) is 0 Å². The summed E-state index contributed by atoms with van der Waals surface area (Å²) in [6.07, 6.45) is -8.56. The molecule has 2 aromatic carbocycles. The molecule has 3 heterocycles. The summed E-state index contributed by atoms with van der Waals surface area (Å²) in [4.78, 5) is 26.9. The summed E-state index contributed by atoms with van der Waals surface area (Å²) < 4.78 is 27.2. The molecule has 0 saturated carbocycles. The zero-order valence-corrected chi connectivity index (χ0v) is 19.8. The van der Waals surface area contributed by atoms with Crippen molar-refractivity contribution in [3.8, 4) is 23.0 Å². The molecule has 13 nitrogen and oxygen atoms in total. The Labute approximate surface area is 214 Å². The molecule has 3 aliphatic heterocycles. The van der Waals surface area contributed by atoms with Crippen LogP contribution in [0.2, 0.25) is 0 Å². The molecule has 0 amide bonds. The van der Waals surface area contributed by atoms with Gasteiger partial charge in [0, 0.05) is 29.9 Å². The SMILES string of the molecule is CO[C@@H]1[C@@H](O)[C@H](O)C(Oc2cc(O)c3c(c2)C(=O)c2cc4c(c(O)c2C3=O)[C@H]2[C@H](OC[C@H]2O)O4)O[C@H]1CO. The summed E-state index contributed by atoms with van der Waals surface area (Å²) in [6.45, 7) is -0.576. The van der Waals surface area contributed by atoms with E-state index in [1.807, 2.05) is 0 Å². The van der Waals surface area contributed by atoms with Crippen LogP contribution in [-0.4, -0.2) is 106 Å². The number of carbonyl (C=O) groups excluding carboxylic acids is 2. The summed E-state index contributed by atoms with van der Waals surface area (Å²) in [6, 6.07) is 3.46. The van der Waals surface area contributed by atoms with E-state index in [1.54, 1.807) is 0 Å². The van der Waals surface area contributed by atoms with Gasteiger partial charge in [-0.25, -0.2) is 0 Å². The number of ketones is 2. The highest BCUT2D eigenvalue weighted by atomic mass is 16.7. The number of rotatable bonds is 4. The molecule has 1 aliphatic carbocycles. The van der Waals surface area contributed by atoms with E-state index in [0.29, 0.717) is 0 Å². The molecule has 8 atom stereocenters. The largest absolute Gasteiger partial charge is 0.507 e. The highest BCUT2D eigenvalue weighted by Gasteiger charge is 2.50. The number of aromatic hydroxyl groups is 2. The van der Waals surface area contributed by atoms with Gasteiger partial charge in [-0.15, -0.1) is 0 Å². The first kappa shape index (κ1) is 25.0. The lowest BCUT2D eigenvalue weighted by atomic mass is 9.80. The van der Waals surface area contributed by atoms with Gasteiger partial charge in [-0.2, -0.15) is 0 Å². The maximum absolute atomic E-state index is 13.5. The fourth-order valence-electron chi connectivity index (χ4n) is 5.56. The Hall–Kier alpha value is -3.30. The van der Waals surface area contributed by atoms with E-state index in [4.69, 9.17) is 23.7 Å². The van der Waals surface area contributed by atoms with Crippen molar-refractivity contribution in [3.05, 3.63) is 46.0 Å². The number of ether oxygens (including phenoxy) is 5. The Kier molecular flexibility index (Phi) is 5.84. The highest BCUT2D eigenvalue weighted by Crippen LogP contribution is 2.52. The number of hydrogen-bond donors (Lipinski definition) is 6. The molecule has 202 valence electrons. The van der Waals surface area contributed by atoms with Crippen molar-refractivity contribution in [2.75, 3.05) is 20.3 Å². The lowest BCUT2D eigenvalue weighted by Gasteiger charge is -2.41. The number of aliphatic hydroxyl groups excluding tert-OH is 4. The van der Waals surface area contributed by atoms with Crippen molar-refractivity contribution in [1.82, 2.24) is 0 Å². The van der Waals surface area contributed by atoms with Crippen molar-refractivity contribution >= 4 is 11.6 Å². The lowest BCUT2D eigenvalue weighted by Crippen LogP contribution is -2.60. The molecule has 2 saturated heterocycles. The molecular weight excluding hydrogens is 508 g/mol. The summed E-state index contributed by atoms with van der Waals surface area (Å²) in [5, 5.41) is 62.4. The van der Waals surface area contributed by atoms with E-state index in [1.165, 1.54) is 13.2 Å². The first-order valence-electron chi connectivity index (χ1n) is 11.8. The Balaban J connectivity index is 1.36. The van der Waals surface area contributed by atoms with Gasteiger partial charge in [0.25, 0.3) is 0 Å². The van der Waals surface area contributed by atoms with E-state index < -0.39 is 78.7 Å². The van der Waals surface area contributed by atoms with Crippen LogP contribution in [-0.2, 0) is 14.2 Å².